The summed E-state index contributed by atoms with van der Waals surface area (Å²) in [6, 6.07) is 21.5. The van der Waals surface area contributed by atoms with E-state index >= 15 is 0 Å². The Kier molecular flexibility index (Phi) is 4.34. The Labute approximate surface area is 148 Å². The second-order valence-electron chi connectivity index (χ2n) is 6.55. The van der Waals surface area contributed by atoms with Gasteiger partial charge in [0.2, 0.25) is 0 Å². The molecular formula is C21H22N4. The maximum Gasteiger partial charge on any atom is 0.134 e. The van der Waals surface area contributed by atoms with E-state index in [0.29, 0.717) is 6.04 Å². The Balaban J connectivity index is 1.51. The van der Waals surface area contributed by atoms with Crippen molar-refractivity contribution in [2.75, 3.05) is 10.2 Å². The molecule has 2 heterocycles. The molecule has 1 aliphatic heterocycles. The van der Waals surface area contributed by atoms with Crippen molar-refractivity contribution in [2.24, 2.45) is 0 Å². The van der Waals surface area contributed by atoms with Crippen molar-refractivity contribution in [3.8, 4) is 0 Å². The van der Waals surface area contributed by atoms with Crippen LogP contribution in [0, 0.1) is 0 Å². The zero-order valence-corrected chi connectivity index (χ0v) is 14.4. The van der Waals surface area contributed by atoms with Crippen LogP contribution in [0.3, 0.4) is 0 Å². The Morgan fingerprint density at radius 1 is 1.00 bits per heavy atom. The first-order valence-electron chi connectivity index (χ1n) is 8.73. The normalized spacial score (nSPS) is 16.4. The van der Waals surface area contributed by atoms with Crippen LogP contribution in [0.4, 0.5) is 11.6 Å². The fourth-order valence-corrected chi connectivity index (χ4v) is 3.37. The molecule has 3 aromatic rings. The summed E-state index contributed by atoms with van der Waals surface area (Å²) in [6.45, 7) is 3.91. The average molecular weight is 330 g/mol. The molecule has 0 bridgehead atoms. The van der Waals surface area contributed by atoms with Crippen LogP contribution < -0.4 is 10.2 Å². The van der Waals surface area contributed by atoms with Gasteiger partial charge in [0.05, 0.1) is 0 Å². The highest BCUT2D eigenvalue weighted by Gasteiger charge is 2.23. The van der Waals surface area contributed by atoms with Crippen LogP contribution in [-0.4, -0.2) is 16.0 Å². The van der Waals surface area contributed by atoms with Gasteiger partial charge in [-0.15, -0.1) is 0 Å². The van der Waals surface area contributed by atoms with Crippen molar-refractivity contribution in [3.05, 3.63) is 83.7 Å². The van der Waals surface area contributed by atoms with E-state index in [0.717, 1.165) is 31.1 Å². The van der Waals surface area contributed by atoms with Gasteiger partial charge in [0.25, 0.3) is 0 Å². The predicted octanol–water partition coefficient (Wildman–Crippen LogP) is 4.04. The van der Waals surface area contributed by atoms with Crippen LogP contribution in [0.15, 0.2) is 67.0 Å². The van der Waals surface area contributed by atoms with Gasteiger partial charge in [-0.3, -0.25) is 0 Å². The average Bonchev–Trinajstić information content (AvgIpc) is 2.67. The molecule has 126 valence electrons. The zero-order valence-electron chi connectivity index (χ0n) is 14.4. The smallest absolute Gasteiger partial charge is 0.134 e. The topological polar surface area (TPSA) is 41.0 Å². The molecule has 1 atom stereocenters. The van der Waals surface area contributed by atoms with Crippen LogP contribution in [0.5, 0.6) is 0 Å². The van der Waals surface area contributed by atoms with E-state index < -0.39 is 0 Å². The number of aromatic nitrogens is 2. The molecule has 0 unspecified atom stereocenters. The van der Waals surface area contributed by atoms with Gasteiger partial charge >= 0.3 is 0 Å². The highest BCUT2D eigenvalue weighted by molar-refractivity contribution is 5.51. The second kappa shape index (κ2) is 6.93. The molecule has 0 radical (unpaired) electrons. The van der Waals surface area contributed by atoms with Gasteiger partial charge in [-0.1, -0.05) is 54.6 Å². The van der Waals surface area contributed by atoms with E-state index in [1.807, 2.05) is 12.1 Å². The Morgan fingerprint density at radius 2 is 1.76 bits per heavy atom. The molecule has 4 heteroatoms. The summed E-state index contributed by atoms with van der Waals surface area (Å²) in [6.07, 6.45) is 2.70. The SMILES string of the molecule is C[C@H]1Cc2ccccc2CN1c1cc(NCc2ccccc2)ncn1. The Morgan fingerprint density at radius 3 is 2.60 bits per heavy atom. The summed E-state index contributed by atoms with van der Waals surface area (Å²) in [7, 11) is 0. The van der Waals surface area contributed by atoms with Gasteiger partial charge in [-0.2, -0.15) is 0 Å². The number of benzene rings is 2. The lowest BCUT2D eigenvalue weighted by Gasteiger charge is -2.35. The molecular weight excluding hydrogens is 308 g/mol. The van der Waals surface area contributed by atoms with Crippen LogP contribution >= 0.6 is 0 Å². The predicted molar refractivity (Wildman–Crippen MR) is 102 cm³/mol. The van der Waals surface area contributed by atoms with E-state index in [2.05, 4.69) is 75.6 Å². The number of anilines is 2. The van der Waals surface area contributed by atoms with E-state index in [-0.39, 0.29) is 0 Å². The summed E-state index contributed by atoms with van der Waals surface area (Å²) < 4.78 is 0. The Bertz CT molecular complexity index is 847. The molecule has 0 amide bonds. The molecule has 1 N–H and O–H groups in total. The Hall–Kier alpha value is -2.88. The van der Waals surface area contributed by atoms with Gasteiger partial charge in [-0.25, -0.2) is 9.97 Å². The van der Waals surface area contributed by atoms with Gasteiger partial charge in [-0.05, 0) is 30.0 Å². The van der Waals surface area contributed by atoms with Crippen LogP contribution in [0.25, 0.3) is 0 Å². The third kappa shape index (κ3) is 3.48. The standard InChI is InChI=1S/C21H22N4/c1-16-11-18-9-5-6-10-19(18)14-25(16)21-12-20(23-15-24-21)22-13-17-7-3-2-4-8-17/h2-10,12,15-16H,11,13-14H2,1H3,(H,22,23,24)/t16-/m0/s1. The maximum absolute atomic E-state index is 4.52. The number of hydrogen-bond acceptors (Lipinski definition) is 4. The first-order valence-corrected chi connectivity index (χ1v) is 8.73. The van der Waals surface area contributed by atoms with Gasteiger partial charge in [0, 0.05) is 25.2 Å². The van der Waals surface area contributed by atoms with Gasteiger partial charge in [0.15, 0.2) is 0 Å². The van der Waals surface area contributed by atoms with Gasteiger partial charge < -0.3 is 10.2 Å². The lowest BCUT2D eigenvalue weighted by molar-refractivity contribution is 0.586. The quantitative estimate of drug-likeness (QED) is 0.784. The van der Waals surface area contributed by atoms with Crippen molar-refractivity contribution in [1.82, 2.24) is 9.97 Å². The van der Waals surface area contributed by atoms with Crippen molar-refractivity contribution in [3.63, 3.8) is 0 Å². The molecule has 0 spiro atoms. The maximum atomic E-state index is 4.52. The second-order valence-corrected chi connectivity index (χ2v) is 6.55. The third-order valence-electron chi connectivity index (χ3n) is 4.77. The van der Waals surface area contributed by atoms with E-state index in [1.54, 1.807) is 6.33 Å². The van der Waals surface area contributed by atoms with E-state index in [4.69, 9.17) is 0 Å². The number of nitrogens with zero attached hydrogens (tertiary/aromatic N) is 3. The summed E-state index contributed by atoms with van der Waals surface area (Å²) in [4.78, 5) is 11.2. The summed E-state index contributed by atoms with van der Waals surface area (Å²) >= 11 is 0. The minimum Gasteiger partial charge on any atom is -0.366 e. The third-order valence-corrected chi connectivity index (χ3v) is 4.77. The van der Waals surface area contributed by atoms with Crippen molar-refractivity contribution < 1.29 is 0 Å². The van der Waals surface area contributed by atoms with Crippen molar-refractivity contribution in [1.29, 1.82) is 0 Å². The summed E-state index contributed by atoms with van der Waals surface area (Å²) in [5, 5.41) is 3.40. The lowest BCUT2D eigenvalue weighted by atomic mass is 9.95. The highest BCUT2D eigenvalue weighted by atomic mass is 15.2. The first kappa shape index (κ1) is 15.6. The molecule has 0 saturated carbocycles. The number of fused-ring (bicyclic) bond motifs is 1. The monoisotopic (exact) mass is 330 g/mol. The van der Waals surface area contributed by atoms with E-state index in [1.165, 1.54) is 16.7 Å². The van der Waals surface area contributed by atoms with Crippen LogP contribution in [0.1, 0.15) is 23.6 Å². The molecule has 2 aromatic carbocycles. The summed E-state index contributed by atoms with van der Waals surface area (Å²) in [5.74, 6) is 1.84. The first-order chi connectivity index (χ1) is 12.3. The van der Waals surface area contributed by atoms with Crippen LogP contribution in [-0.2, 0) is 19.5 Å². The fraction of sp³-hybridized carbons (Fsp3) is 0.238. The molecule has 4 nitrogen and oxygen atoms in total. The minimum absolute atomic E-state index is 0.423. The largest absolute Gasteiger partial charge is 0.366 e. The van der Waals surface area contributed by atoms with Crippen molar-refractivity contribution in [2.45, 2.75) is 32.5 Å². The molecule has 0 aliphatic carbocycles. The lowest BCUT2D eigenvalue weighted by Crippen LogP contribution is -2.38. The molecule has 0 fully saturated rings. The zero-order chi connectivity index (χ0) is 17.1. The number of hydrogen-bond donors (Lipinski definition) is 1. The number of nitrogens with one attached hydrogen (secondary N) is 1. The highest BCUT2D eigenvalue weighted by Crippen LogP contribution is 2.27. The molecule has 25 heavy (non-hydrogen) atoms. The minimum atomic E-state index is 0.423. The molecule has 1 aliphatic rings. The summed E-state index contributed by atoms with van der Waals surface area (Å²) in [5.41, 5.74) is 4.07. The van der Waals surface area contributed by atoms with Crippen molar-refractivity contribution >= 4 is 11.6 Å². The molecule has 1 aromatic heterocycles. The van der Waals surface area contributed by atoms with E-state index in [9.17, 15) is 0 Å². The van der Waals surface area contributed by atoms with Gasteiger partial charge in [0.1, 0.15) is 18.0 Å². The fourth-order valence-electron chi connectivity index (χ4n) is 3.37. The molecule has 4 rings (SSSR count). The van der Waals surface area contributed by atoms with Crippen LogP contribution in [0.2, 0.25) is 0 Å². The molecule has 0 saturated heterocycles. The number of rotatable bonds is 4.